The molecule has 0 aliphatic heterocycles. The standard InChI is InChI=1S/C12H17BrN2/c1-8-9(2)14-12(15-11(8)13)10-6-4-3-5-7-10/h10H,3-7H2,1-2H3. The summed E-state index contributed by atoms with van der Waals surface area (Å²) in [4.78, 5) is 9.18. The average molecular weight is 269 g/mol. The van der Waals surface area contributed by atoms with E-state index in [1.54, 1.807) is 0 Å². The van der Waals surface area contributed by atoms with Crippen LogP contribution in [0.1, 0.15) is 55.1 Å². The van der Waals surface area contributed by atoms with Crippen molar-refractivity contribution in [2.24, 2.45) is 0 Å². The molecule has 1 aliphatic rings. The van der Waals surface area contributed by atoms with E-state index in [0.29, 0.717) is 5.92 Å². The number of rotatable bonds is 1. The van der Waals surface area contributed by atoms with Crippen LogP contribution in [0.2, 0.25) is 0 Å². The summed E-state index contributed by atoms with van der Waals surface area (Å²) in [6.07, 6.45) is 6.56. The summed E-state index contributed by atoms with van der Waals surface area (Å²) in [7, 11) is 0. The Morgan fingerprint density at radius 3 is 2.33 bits per heavy atom. The fourth-order valence-corrected chi connectivity index (χ4v) is 2.63. The van der Waals surface area contributed by atoms with Crippen LogP contribution >= 0.6 is 15.9 Å². The Morgan fingerprint density at radius 2 is 1.73 bits per heavy atom. The number of hydrogen-bond acceptors (Lipinski definition) is 2. The van der Waals surface area contributed by atoms with Gasteiger partial charge in [-0.25, -0.2) is 9.97 Å². The van der Waals surface area contributed by atoms with E-state index in [0.717, 1.165) is 21.7 Å². The summed E-state index contributed by atoms with van der Waals surface area (Å²) in [5, 5.41) is 0. The lowest BCUT2D eigenvalue weighted by atomic mass is 9.88. The first-order chi connectivity index (χ1) is 7.18. The number of aryl methyl sites for hydroxylation is 1. The summed E-state index contributed by atoms with van der Waals surface area (Å²) in [6.45, 7) is 4.12. The molecule has 0 spiro atoms. The van der Waals surface area contributed by atoms with Gasteiger partial charge in [-0.2, -0.15) is 0 Å². The topological polar surface area (TPSA) is 25.8 Å². The van der Waals surface area contributed by atoms with Crippen LogP contribution in [0.5, 0.6) is 0 Å². The maximum absolute atomic E-state index is 4.62. The lowest BCUT2D eigenvalue weighted by Gasteiger charge is -2.21. The SMILES string of the molecule is Cc1nc(C2CCCCC2)nc(Br)c1C. The third-order valence-electron chi connectivity index (χ3n) is 3.32. The Hall–Kier alpha value is -0.440. The highest BCUT2D eigenvalue weighted by molar-refractivity contribution is 9.10. The van der Waals surface area contributed by atoms with Gasteiger partial charge < -0.3 is 0 Å². The Bertz CT molecular complexity index is 334. The van der Waals surface area contributed by atoms with Gasteiger partial charge in [-0.05, 0) is 42.6 Å². The highest BCUT2D eigenvalue weighted by Gasteiger charge is 2.19. The monoisotopic (exact) mass is 268 g/mol. The van der Waals surface area contributed by atoms with Crippen LogP contribution in [-0.4, -0.2) is 9.97 Å². The largest absolute Gasteiger partial charge is 0.238 e. The molecule has 0 aromatic carbocycles. The van der Waals surface area contributed by atoms with Crippen LogP contribution in [0.15, 0.2) is 4.60 Å². The predicted octanol–water partition coefficient (Wildman–Crippen LogP) is 3.90. The molecule has 3 heteroatoms. The molecule has 15 heavy (non-hydrogen) atoms. The molecule has 1 aromatic rings. The van der Waals surface area contributed by atoms with Gasteiger partial charge in [0.05, 0.1) is 0 Å². The predicted molar refractivity (Wildman–Crippen MR) is 65.0 cm³/mol. The average Bonchev–Trinajstić information content (AvgIpc) is 2.26. The molecule has 0 atom stereocenters. The molecule has 0 N–H and O–H groups in total. The lowest BCUT2D eigenvalue weighted by Crippen LogP contribution is -2.10. The fourth-order valence-electron chi connectivity index (χ4n) is 2.16. The van der Waals surface area contributed by atoms with E-state index in [-0.39, 0.29) is 0 Å². The van der Waals surface area contributed by atoms with Crippen molar-refractivity contribution in [1.82, 2.24) is 9.97 Å². The minimum absolute atomic E-state index is 0.592. The highest BCUT2D eigenvalue weighted by atomic mass is 79.9. The van der Waals surface area contributed by atoms with Crippen molar-refractivity contribution < 1.29 is 0 Å². The Morgan fingerprint density at radius 1 is 1.07 bits per heavy atom. The normalized spacial score (nSPS) is 18.1. The number of hydrogen-bond donors (Lipinski definition) is 0. The second-order valence-corrected chi connectivity index (χ2v) is 5.17. The zero-order valence-electron chi connectivity index (χ0n) is 9.39. The fraction of sp³-hybridized carbons (Fsp3) is 0.667. The highest BCUT2D eigenvalue weighted by Crippen LogP contribution is 2.31. The van der Waals surface area contributed by atoms with Crippen molar-refractivity contribution in [2.75, 3.05) is 0 Å². The summed E-state index contributed by atoms with van der Waals surface area (Å²) in [5.74, 6) is 1.64. The van der Waals surface area contributed by atoms with Crippen molar-refractivity contribution >= 4 is 15.9 Å². The molecule has 1 fully saturated rings. The molecule has 1 aliphatic carbocycles. The number of halogens is 1. The Balaban J connectivity index is 2.27. The van der Waals surface area contributed by atoms with E-state index in [4.69, 9.17) is 0 Å². The molecule has 0 saturated heterocycles. The summed E-state index contributed by atoms with van der Waals surface area (Å²) >= 11 is 3.51. The lowest BCUT2D eigenvalue weighted by molar-refractivity contribution is 0.427. The van der Waals surface area contributed by atoms with Crippen molar-refractivity contribution in [2.45, 2.75) is 51.9 Å². The number of nitrogens with zero attached hydrogens (tertiary/aromatic N) is 2. The van der Waals surface area contributed by atoms with Crippen molar-refractivity contribution in [3.8, 4) is 0 Å². The zero-order chi connectivity index (χ0) is 10.8. The minimum Gasteiger partial charge on any atom is -0.238 e. The van der Waals surface area contributed by atoms with Gasteiger partial charge in [0.1, 0.15) is 10.4 Å². The third kappa shape index (κ3) is 2.39. The van der Waals surface area contributed by atoms with Crippen LogP contribution in [0, 0.1) is 13.8 Å². The second-order valence-electron chi connectivity index (χ2n) is 4.42. The maximum Gasteiger partial charge on any atom is 0.132 e. The smallest absolute Gasteiger partial charge is 0.132 e. The first-order valence-electron chi connectivity index (χ1n) is 5.69. The van der Waals surface area contributed by atoms with Gasteiger partial charge in [0.15, 0.2) is 0 Å². The van der Waals surface area contributed by atoms with E-state index in [1.165, 1.54) is 32.1 Å². The van der Waals surface area contributed by atoms with Gasteiger partial charge in [0, 0.05) is 17.2 Å². The molecular weight excluding hydrogens is 252 g/mol. The van der Waals surface area contributed by atoms with Crippen molar-refractivity contribution in [1.29, 1.82) is 0 Å². The molecular formula is C12H17BrN2. The first kappa shape index (κ1) is 11.1. The molecule has 2 rings (SSSR count). The van der Waals surface area contributed by atoms with Crippen molar-refractivity contribution in [3.05, 3.63) is 21.7 Å². The Labute approximate surface area is 99.7 Å². The van der Waals surface area contributed by atoms with Crippen LogP contribution in [0.25, 0.3) is 0 Å². The van der Waals surface area contributed by atoms with Gasteiger partial charge in [-0.15, -0.1) is 0 Å². The Kier molecular flexibility index (Phi) is 3.39. The minimum atomic E-state index is 0.592. The first-order valence-corrected chi connectivity index (χ1v) is 6.48. The summed E-state index contributed by atoms with van der Waals surface area (Å²) in [6, 6.07) is 0. The van der Waals surface area contributed by atoms with Crippen LogP contribution in [0.4, 0.5) is 0 Å². The van der Waals surface area contributed by atoms with Crippen LogP contribution < -0.4 is 0 Å². The molecule has 0 unspecified atom stereocenters. The van der Waals surface area contributed by atoms with Gasteiger partial charge in [0.2, 0.25) is 0 Å². The molecule has 82 valence electrons. The van der Waals surface area contributed by atoms with Gasteiger partial charge in [-0.3, -0.25) is 0 Å². The molecule has 1 saturated carbocycles. The maximum atomic E-state index is 4.62. The van der Waals surface area contributed by atoms with E-state index in [9.17, 15) is 0 Å². The van der Waals surface area contributed by atoms with Crippen LogP contribution in [-0.2, 0) is 0 Å². The molecule has 1 heterocycles. The molecule has 0 radical (unpaired) electrons. The van der Waals surface area contributed by atoms with Gasteiger partial charge in [0.25, 0.3) is 0 Å². The molecule has 0 amide bonds. The van der Waals surface area contributed by atoms with E-state index in [1.807, 2.05) is 0 Å². The van der Waals surface area contributed by atoms with Crippen molar-refractivity contribution in [3.63, 3.8) is 0 Å². The third-order valence-corrected chi connectivity index (χ3v) is 4.09. The number of aromatic nitrogens is 2. The summed E-state index contributed by atoms with van der Waals surface area (Å²) in [5.41, 5.74) is 2.27. The second kappa shape index (κ2) is 4.60. The quantitative estimate of drug-likeness (QED) is 0.722. The molecule has 0 bridgehead atoms. The van der Waals surface area contributed by atoms with E-state index >= 15 is 0 Å². The molecule has 1 aromatic heterocycles. The van der Waals surface area contributed by atoms with E-state index in [2.05, 4.69) is 39.7 Å². The van der Waals surface area contributed by atoms with Crippen LogP contribution in [0.3, 0.4) is 0 Å². The summed E-state index contributed by atoms with van der Waals surface area (Å²) < 4.78 is 0.968. The molecule has 2 nitrogen and oxygen atoms in total. The van der Waals surface area contributed by atoms with Gasteiger partial charge >= 0.3 is 0 Å². The zero-order valence-corrected chi connectivity index (χ0v) is 11.0. The van der Waals surface area contributed by atoms with Gasteiger partial charge in [-0.1, -0.05) is 19.3 Å². The van der Waals surface area contributed by atoms with E-state index < -0.39 is 0 Å².